The number of nitriles is 1. The van der Waals surface area contributed by atoms with Crippen molar-refractivity contribution in [3.8, 4) is 6.07 Å². The smallest absolute Gasteiger partial charge is 0.223 e. The van der Waals surface area contributed by atoms with Gasteiger partial charge in [-0.25, -0.2) is 8.42 Å². The van der Waals surface area contributed by atoms with Crippen molar-refractivity contribution in [3.63, 3.8) is 0 Å². The lowest BCUT2D eigenvalue weighted by Crippen LogP contribution is -2.29. The van der Waals surface area contributed by atoms with Crippen molar-refractivity contribution in [2.24, 2.45) is 0 Å². The van der Waals surface area contributed by atoms with Gasteiger partial charge in [-0.3, -0.25) is 4.79 Å². The van der Waals surface area contributed by atoms with Crippen LogP contribution in [0.4, 0.5) is 0 Å². The van der Waals surface area contributed by atoms with Crippen LogP contribution in [0.5, 0.6) is 0 Å². The molecule has 0 unspecified atom stereocenters. The van der Waals surface area contributed by atoms with E-state index in [1.54, 1.807) is 13.1 Å². The Balaban J connectivity index is 2.54. The van der Waals surface area contributed by atoms with E-state index in [1.165, 1.54) is 4.90 Å². The van der Waals surface area contributed by atoms with Crippen molar-refractivity contribution >= 4 is 15.7 Å². The van der Waals surface area contributed by atoms with E-state index in [0.29, 0.717) is 6.54 Å². The molecule has 1 aromatic rings. The molecule has 0 atom stereocenters. The average molecular weight is 308 g/mol. The molecule has 0 bridgehead atoms. The molecule has 0 saturated heterocycles. The minimum atomic E-state index is -3.31. The van der Waals surface area contributed by atoms with Gasteiger partial charge in [-0.2, -0.15) is 5.26 Å². The molecule has 0 aliphatic rings. The molecule has 5 nitrogen and oxygen atoms in total. The summed E-state index contributed by atoms with van der Waals surface area (Å²) in [5.41, 5.74) is 1.75. The number of nitrogens with zero attached hydrogens (tertiary/aromatic N) is 2. The van der Waals surface area contributed by atoms with Gasteiger partial charge < -0.3 is 4.90 Å². The molecule has 0 aliphatic carbocycles. The van der Waals surface area contributed by atoms with Crippen molar-refractivity contribution in [2.45, 2.75) is 25.5 Å². The zero-order valence-electron chi connectivity index (χ0n) is 12.4. The fourth-order valence-corrected chi connectivity index (χ4v) is 3.22. The first-order valence-corrected chi connectivity index (χ1v) is 8.53. The Labute approximate surface area is 126 Å². The third kappa shape index (κ3) is 6.41. The number of amides is 1. The molecule has 0 N–H and O–H groups in total. The van der Waals surface area contributed by atoms with Gasteiger partial charge in [-0.1, -0.05) is 29.8 Å². The molecule has 0 saturated carbocycles. The van der Waals surface area contributed by atoms with Crippen LogP contribution in [0.25, 0.3) is 0 Å². The van der Waals surface area contributed by atoms with E-state index >= 15 is 0 Å². The molecule has 1 amide bonds. The van der Waals surface area contributed by atoms with Crippen LogP contribution in [0.15, 0.2) is 24.3 Å². The van der Waals surface area contributed by atoms with Gasteiger partial charge in [0.25, 0.3) is 0 Å². The van der Waals surface area contributed by atoms with Crippen molar-refractivity contribution in [1.29, 1.82) is 5.26 Å². The summed E-state index contributed by atoms with van der Waals surface area (Å²) in [7, 11) is -1.74. The van der Waals surface area contributed by atoms with E-state index in [-0.39, 0.29) is 30.3 Å². The van der Waals surface area contributed by atoms with Gasteiger partial charge in [0.15, 0.2) is 9.84 Å². The van der Waals surface area contributed by atoms with Crippen molar-refractivity contribution in [3.05, 3.63) is 35.4 Å². The van der Waals surface area contributed by atoms with Crippen molar-refractivity contribution in [2.75, 3.05) is 19.3 Å². The van der Waals surface area contributed by atoms with Crippen LogP contribution < -0.4 is 0 Å². The second kappa shape index (κ2) is 7.79. The molecule has 0 fully saturated rings. The van der Waals surface area contributed by atoms with Crippen molar-refractivity contribution < 1.29 is 13.2 Å². The fourth-order valence-electron chi connectivity index (χ4n) is 1.90. The van der Waals surface area contributed by atoms with Gasteiger partial charge in [0.1, 0.15) is 0 Å². The molecule has 0 heterocycles. The third-order valence-corrected chi connectivity index (χ3v) is 4.68. The lowest BCUT2D eigenvalue weighted by atomic mass is 10.2. The second-order valence-electron chi connectivity index (χ2n) is 5.05. The minimum absolute atomic E-state index is 0.0456. The van der Waals surface area contributed by atoms with Crippen LogP contribution >= 0.6 is 0 Å². The van der Waals surface area contributed by atoms with Gasteiger partial charge >= 0.3 is 0 Å². The highest BCUT2D eigenvalue weighted by Crippen LogP contribution is 2.10. The molecular formula is C15H20N2O3S. The number of benzene rings is 1. The largest absolute Gasteiger partial charge is 0.345 e. The number of carbonyl (C=O) groups excluding carboxylic acids is 1. The maximum absolute atomic E-state index is 12.0. The summed E-state index contributed by atoms with van der Waals surface area (Å²) in [5, 5.41) is 8.46. The molecule has 0 aliphatic heterocycles. The number of carbonyl (C=O) groups is 1. The molecule has 0 aromatic heterocycles. The Morgan fingerprint density at radius 1 is 1.38 bits per heavy atom. The minimum Gasteiger partial charge on any atom is -0.345 e. The van der Waals surface area contributed by atoms with E-state index in [9.17, 15) is 13.2 Å². The van der Waals surface area contributed by atoms with E-state index in [1.807, 2.05) is 31.2 Å². The maximum atomic E-state index is 12.0. The van der Waals surface area contributed by atoms with Crippen LogP contribution in [0.2, 0.25) is 0 Å². The zero-order valence-corrected chi connectivity index (χ0v) is 13.2. The Hall–Kier alpha value is -1.87. The Morgan fingerprint density at radius 3 is 2.71 bits per heavy atom. The first-order chi connectivity index (χ1) is 9.84. The van der Waals surface area contributed by atoms with Gasteiger partial charge in [-0.05, 0) is 12.5 Å². The van der Waals surface area contributed by atoms with Crippen LogP contribution in [-0.2, 0) is 20.4 Å². The lowest BCUT2D eigenvalue weighted by Gasteiger charge is -2.15. The van der Waals surface area contributed by atoms with Crippen LogP contribution in [0.3, 0.4) is 0 Å². The Morgan fingerprint density at radius 2 is 2.10 bits per heavy atom. The van der Waals surface area contributed by atoms with E-state index < -0.39 is 9.84 Å². The highest BCUT2D eigenvalue weighted by Gasteiger charge is 2.16. The van der Waals surface area contributed by atoms with Gasteiger partial charge in [0.2, 0.25) is 5.91 Å². The first kappa shape index (κ1) is 17.2. The van der Waals surface area contributed by atoms with Crippen molar-refractivity contribution in [1.82, 2.24) is 4.90 Å². The number of hydrogen-bond donors (Lipinski definition) is 0. The van der Waals surface area contributed by atoms with Gasteiger partial charge in [-0.15, -0.1) is 0 Å². The monoisotopic (exact) mass is 308 g/mol. The van der Waals surface area contributed by atoms with E-state index in [0.717, 1.165) is 11.1 Å². The van der Waals surface area contributed by atoms with E-state index in [2.05, 4.69) is 0 Å². The van der Waals surface area contributed by atoms with E-state index in [4.69, 9.17) is 5.26 Å². The molecule has 0 spiro atoms. The average Bonchev–Trinajstić information content (AvgIpc) is 2.41. The molecule has 6 heteroatoms. The highest BCUT2D eigenvalue weighted by molar-refractivity contribution is 7.90. The summed E-state index contributed by atoms with van der Waals surface area (Å²) in [4.78, 5) is 13.1. The molecule has 114 valence electrons. The predicted octanol–water partition coefficient (Wildman–Crippen LogP) is 1.67. The summed E-state index contributed by atoms with van der Waals surface area (Å²) < 4.78 is 24.1. The SMILES string of the molecule is Cc1cccc(CS(=O)(=O)CCC(=O)N(C)CCC#N)c1. The van der Waals surface area contributed by atoms with Gasteiger partial charge in [0.05, 0.1) is 24.0 Å². The zero-order chi connectivity index (χ0) is 15.9. The summed E-state index contributed by atoms with van der Waals surface area (Å²) in [6.45, 7) is 2.23. The standard InChI is InChI=1S/C15H20N2O3S/c1-13-5-3-6-14(11-13)12-21(19,20)10-7-15(18)17(2)9-4-8-16/h3,5-6,11H,4,7,9-10,12H2,1-2H3. The topological polar surface area (TPSA) is 78.2 Å². The number of sulfone groups is 1. The summed E-state index contributed by atoms with van der Waals surface area (Å²) in [6, 6.07) is 9.28. The fraction of sp³-hybridized carbons (Fsp3) is 0.467. The quantitative estimate of drug-likeness (QED) is 0.767. The number of rotatable bonds is 7. The first-order valence-electron chi connectivity index (χ1n) is 6.71. The molecule has 1 rings (SSSR count). The highest BCUT2D eigenvalue weighted by atomic mass is 32.2. The third-order valence-electron chi connectivity index (χ3n) is 3.08. The summed E-state index contributed by atoms with van der Waals surface area (Å²) in [6.07, 6.45) is 0.203. The summed E-state index contributed by atoms with van der Waals surface area (Å²) in [5.74, 6) is -0.473. The molecule has 1 aromatic carbocycles. The van der Waals surface area contributed by atoms with Crippen LogP contribution in [-0.4, -0.2) is 38.6 Å². The molecular weight excluding hydrogens is 288 g/mol. The second-order valence-corrected chi connectivity index (χ2v) is 7.24. The summed E-state index contributed by atoms with van der Waals surface area (Å²) >= 11 is 0. The Bertz CT molecular complexity index is 633. The number of aryl methyl sites for hydroxylation is 1. The Kier molecular flexibility index (Phi) is 6.38. The normalized spacial score (nSPS) is 10.9. The molecule has 21 heavy (non-hydrogen) atoms. The molecule has 0 radical (unpaired) electrons. The van der Waals surface area contributed by atoms with Crippen LogP contribution in [0.1, 0.15) is 24.0 Å². The van der Waals surface area contributed by atoms with Crippen LogP contribution in [0, 0.1) is 18.3 Å². The maximum Gasteiger partial charge on any atom is 0.223 e. The van der Waals surface area contributed by atoms with Gasteiger partial charge in [0, 0.05) is 20.0 Å². The predicted molar refractivity (Wildman–Crippen MR) is 81.2 cm³/mol. The lowest BCUT2D eigenvalue weighted by molar-refractivity contribution is -0.129. The number of hydrogen-bond acceptors (Lipinski definition) is 4.